The Hall–Kier alpha value is -3.42. The molecule has 0 aliphatic rings. The van der Waals surface area contributed by atoms with Gasteiger partial charge in [-0.1, -0.05) is 0 Å². The number of halogens is 2. The van der Waals surface area contributed by atoms with Crippen LogP contribution < -0.4 is 14.8 Å². The molecule has 158 valence electrons. The summed E-state index contributed by atoms with van der Waals surface area (Å²) in [6.07, 6.45) is 0.533. The first-order chi connectivity index (χ1) is 14.3. The maximum Gasteiger partial charge on any atom is 0.255 e. The highest BCUT2D eigenvalue weighted by Gasteiger charge is 2.21. The standard InChI is InChI=1S/C22H23F2N3O3/c1-13-21(14(2)27(26-13)19-7-5-16(23)12-18(19)24)22(28)25-10-9-15-11-17(29-3)6-8-20(15)30-4/h5-8,11-12H,9-10H2,1-4H3,(H,25,28). The number of nitrogens with zero attached hydrogens (tertiary/aromatic N) is 2. The van der Waals surface area contributed by atoms with Crippen LogP contribution in [-0.4, -0.2) is 36.5 Å². The second-order valence-electron chi connectivity index (χ2n) is 6.74. The van der Waals surface area contributed by atoms with Gasteiger partial charge in [0.15, 0.2) is 5.82 Å². The molecule has 2 aromatic carbocycles. The highest BCUT2D eigenvalue weighted by molar-refractivity contribution is 5.96. The van der Waals surface area contributed by atoms with Crippen molar-refractivity contribution < 1.29 is 23.0 Å². The first kappa shape index (κ1) is 21.3. The Morgan fingerprint density at radius 1 is 1.10 bits per heavy atom. The molecule has 3 aromatic rings. The molecule has 0 saturated carbocycles. The molecular weight excluding hydrogens is 392 g/mol. The Balaban J connectivity index is 1.76. The van der Waals surface area contributed by atoms with Crippen LogP contribution in [0, 0.1) is 25.5 Å². The normalized spacial score (nSPS) is 10.7. The number of aryl methyl sites for hydroxylation is 1. The van der Waals surface area contributed by atoms with E-state index in [0.29, 0.717) is 41.4 Å². The number of rotatable bonds is 7. The molecule has 0 spiro atoms. The third-order valence-electron chi connectivity index (χ3n) is 4.82. The van der Waals surface area contributed by atoms with Gasteiger partial charge >= 0.3 is 0 Å². The van der Waals surface area contributed by atoms with Crippen LogP contribution in [0.3, 0.4) is 0 Å². The van der Waals surface area contributed by atoms with Crippen molar-refractivity contribution in [1.82, 2.24) is 15.1 Å². The Labute approximate surface area is 173 Å². The third kappa shape index (κ3) is 4.27. The van der Waals surface area contributed by atoms with E-state index in [4.69, 9.17) is 9.47 Å². The van der Waals surface area contributed by atoms with E-state index in [2.05, 4.69) is 10.4 Å². The Kier molecular flexibility index (Phi) is 6.34. The lowest BCUT2D eigenvalue weighted by Crippen LogP contribution is -2.26. The first-order valence-electron chi connectivity index (χ1n) is 9.36. The van der Waals surface area contributed by atoms with Crippen molar-refractivity contribution in [2.45, 2.75) is 20.3 Å². The van der Waals surface area contributed by atoms with Crippen LogP contribution in [0.15, 0.2) is 36.4 Å². The van der Waals surface area contributed by atoms with Gasteiger partial charge < -0.3 is 14.8 Å². The lowest BCUT2D eigenvalue weighted by Gasteiger charge is -2.11. The van der Waals surface area contributed by atoms with Crippen molar-refractivity contribution in [1.29, 1.82) is 0 Å². The Morgan fingerprint density at radius 3 is 2.53 bits per heavy atom. The Bertz CT molecular complexity index is 1080. The number of carbonyl (C=O) groups excluding carboxylic acids is 1. The molecule has 0 bridgehead atoms. The summed E-state index contributed by atoms with van der Waals surface area (Å²) in [7, 11) is 3.17. The molecule has 0 saturated heterocycles. The van der Waals surface area contributed by atoms with Crippen LogP contribution in [0.2, 0.25) is 0 Å². The van der Waals surface area contributed by atoms with Gasteiger partial charge in [0, 0.05) is 12.6 Å². The summed E-state index contributed by atoms with van der Waals surface area (Å²) >= 11 is 0. The molecule has 1 N–H and O–H groups in total. The maximum atomic E-state index is 14.2. The van der Waals surface area contributed by atoms with Gasteiger partial charge in [-0.2, -0.15) is 5.10 Å². The van der Waals surface area contributed by atoms with Crippen LogP contribution in [0.1, 0.15) is 27.3 Å². The van der Waals surface area contributed by atoms with E-state index in [9.17, 15) is 13.6 Å². The molecule has 1 amide bonds. The van der Waals surface area contributed by atoms with E-state index in [-0.39, 0.29) is 11.6 Å². The zero-order chi connectivity index (χ0) is 21.8. The fourth-order valence-electron chi connectivity index (χ4n) is 3.34. The fraction of sp³-hybridized carbons (Fsp3) is 0.273. The maximum absolute atomic E-state index is 14.2. The van der Waals surface area contributed by atoms with Gasteiger partial charge in [-0.15, -0.1) is 0 Å². The predicted molar refractivity (Wildman–Crippen MR) is 109 cm³/mol. The summed E-state index contributed by atoms with van der Waals surface area (Å²) in [5.41, 5.74) is 2.25. The molecular formula is C22H23F2N3O3. The molecule has 1 heterocycles. The van der Waals surface area contributed by atoms with Gasteiger partial charge in [0.1, 0.15) is 23.0 Å². The number of ether oxygens (including phenoxy) is 2. The zero-order valence-electron chi connectivity index (χ0n) is 17.3. The van der Waals surface area contributed by atoms with Crippen molar-refractivity contribution in [3.8, 4) is 17.2 Å². The second kappa shape index (κ2) is 8.94. The summed E-state index contributed by atoms with van der Waals surface area (Å²) in [4.78, 5) is 12.8. The van der Waals surface area contributed by atoms with Gasteiger partial charge in [0.2, 0.25) is 0 Å². The Morgan fingerprint density at radius 2 is 1.87 bits per heavy atom. The lowest BCUT2D eigenvalue weighted by atomic mass is 10.1. The predicted octanol–water partition coefficient (Wildman–Crippen LogP) is 3.76. The number of benzene rings is 2. The summed E-state index contributed by atoms with van der Waals surface area (Å²) < 4.78 is 39.3. The van der Waals surface area contributed by atoms with Gasteiger partial charge in [0.25, 0.3) is 5.91 Å². The van der Waals surface area contributed by atoms with Crippen LogP contribution in [0.4, 0.5) is 8.78 Å². The molecule has 0 unspecified atom stereocenters. The van der Waals surface area contributed by atoms with E-state index < -0.39 is 11.6 Å². The van der Waals surface area contributed by atoms with Crippen LogP contribution in [0.5, 0.6) is 11.5 Å². The van der Waals surface area contributed by atoms with E-state index in [1.165, 1.54) is 10.7 Å². The molecule has 8 heteroatoms. The molecule has 0 fully saturated rings. The van der Waals surface area contributed by atoms with Gasteiger partial charge in [-0.3, -0.25) is 4.79 Å². The highest BCUT2D eigenvalue weighted by Crippen LogP contribution is 2.24. The van der Waals surface area contributed by atoms with E-state index in [1.54, 1.807) is 34.1 Å². The number of hydrogen-bond acceptors (Lipinski definition) is 4. The van der Waals surface area contributed by atoms with Gasteiger partial charge in [0.05, 0.1) is 31.2 Å². The van der Waals surface area contributed by atoms with Crippen molar-refractivity contribution in [3.05, 3.63) is 70.5 Å². The van der Waals surface area contributed by atoms with Crippen LogP contribution >= 0.6 is 0 Å². The third-order valence-corrected chi connectivity index (χ3v) is 4.82. The number of methoxy groups -OCH3 is 2. The quantitative estimate of drug-likeness (QED) is 0.638. The SMILES string of the molecule is COc1ccc(OC)c(CCNC(=O)c2c(C)nn(-c3ccc(F)cc3F)c2C)c1. The number of amides is 1. The first-order valence-corrected chi connectivity index (χ1v) is 9.36. The van der Waals surface area contributed by atoms with Crippen molar-refractivity contribution in [3.63, 3.8) is 0 Å². The average molecular weight is 415 g/mol. The minimum absolute atomic E-state index is 0.0807. The number of hydrogen-bond donors (Lipinski definition) is 1. The largest absolute Gasteiger partial charge is 0.497 e. The van der Waals surface area contributed by atoms with Crippen molar-refractivity contribution >= 4 is 5.91 Å². The van der Waals surface area contributed by atoms with Crippen molar-refractivity contribution in [2.24, 2.45) is 0 Å². The molecule has 0 radical (unpaired) electrons. The van der Waals surface area contributed by atoms with Crippen LogP contribution in [0.25, 0.3) is 5.69 Å². The number of nitrogens with one attached hydrogen (secondary N) is 1. The van der Waals surface area contributed by atoms with Gasteiger partial charge in [-0.25, -0.2) is 13.5 Å². The monoisotopic (exact) mass is 415 g/mol. The van der Waals surface area contributed by atoms with Gasteiger partial charge in [-0.05, 0) is 56.2 Å². The summed E-state index contributed by atoms with van der Waals surface area (Å²) in [5, 5.41) is 7.13. The summed E-state index contributed by atoms with van der Waals surface area (Å²) in [5.74, 6) is -0.342. The molecule has 0 atom stereocenters. The minimum Gasteiger partial charge on any atom is -0.497 e. The molecule has 3 rings (SSSR count). The number of carbonyl (C=O) groups is 1. The molecule has 0 aliphatic heterocycles. The summed E-state index contributed by atoms with van der Waals surface area (Å²) in [6, 6.07) is 8.70. The second-order valence-corrected chi connectivity index (χ2v) is 6.74. The molecule has 1 aromatic heterocycles. The van der Waals surface area contributed by atoms with E-state index in [1.807, 2.05) is 12.1 Å². The molecule has 0 aliphatic carbocycles. The van der Waals surface area contributed by atoms with Crippen LogP contribution in [-0.2, 0) is 6.42 Å². The molecule has 30 heavy (non-hydrogen) atoms. The summed E-state index contributed by atoms with van der Waals surface area (Å²) in [6.45, 7) is 3.70. The topological polar surface area (TPSA) is 65.4 Å². The smallest absolute Gasteiger partial charge is 0.255 e. The van der Waals surface area contributed by atoms with E-state index >= 15 is 0 Å². The average Bonchev–Trinajstić information content (AvgIpc) is 3.01. The van der Waals surface area contributed by atoms with E-state index in [0.717, 1.165) is 17.7 Å². The minimum atomic E-state index is -0.752. The van der Waals surface area contributed by atoms with Crippen molar-refractivity contribution in [2.75, 3.05) is 20.8 Å². The highest BCUT2D eigenvalue weighted by atomic mass is 19.1. The molecule has 6 nitrogen and oxygen atoms in total. The zero-order valence-corrected chi connectivity index (χ0v) is 17.3. The lowest BCUT2D eigenvalue weighted by molar-refractivity contribution is 0.0953. The fourth-order valence-corrected chi connectivity index (χ4v) is 3.34. The number of aromatic nitrogens is 2.